The minimum absolute atomic E-state index is 0.199. The first-order chi connectivity index (χ1) is 24.1. The van der Waals surface area contributed by atoms with Crippen molar-refractivity contribution in [2.24, 2.45) is 0 Å². The fraction of sp³-hybridized carbons (Fsp3) is 0.0638. The molecule has 2 aromatic heterocycles. The molecular formula is C47H32N2. The second-order valence-corrected chi connectivity index (χ2v) is 14.1. The van der Waals surface area contributed by atoms with E-state index in [1.54, 1.807) is 0 Å². The van der Waals surface area contributed by atoms with E-state index in [4.69, 9.17) is 0 Å². The highest BCUT2D eigenvalue weighted by molar-refractivity contribution is 6.26. The Labute approximate surface area is 284 Å². The van der Waals surface area contributed by atoms with Crippen molar-refractivity contribution in [3.63, 3.8) is 0 Å². The van der Waals surface area contributed by atoms with E-state index < -0.39 is 0 Å². The quantitative estimate of drug-likeness (QED) is 0.181. The molecule has 8 aromatic carbocycles. The Kier molecular flexibility index (Phi) is 5.21. The Morgan fingerprint density at radius 3 is 1.82 bits per heavy atom. The molecule has 0 bridgehead atoms. The van der Waals surface area contributed by atoms with E-state index in [9.17, 15) is 0 Å². The highest BCUT2D eigenvalue weighted by Crippen LogP contribution is 2.58. The van der Waals surface area contributed by atoms with Crippen LogP contribution in [0.2, 0.25) is 0 Å². The lowest BCUT2D eigenvalue weighted by atomic mass is 9.78. The summed E-state index contributed by atoms with van der Waals surface area (Å²) in [7, 11) is 0. The first kappa shape index (κ1) is 26.9. The van der Waals surface area contributed by atoms with E-state index >= 15 is 0 Å². The highest BCUT2D eigenvalue weighted by Gasteiger charge is 2.41. The summed E-state index contributed by atoms with van der Waals surface area (Å²) in [5, 5.41) is 10.4. The molecule has 11 rings (SSSR count). The molecule has 0 unspecified atom stereocenters. The minimum atomic E-state index is -0.199. The number of benzene rings is 8. The van der Waals surface area contributed by atoms with Gasteiger partial charge in [-0.15, -0.1) is 0 Å². The van der Waals surface area contributed by atoms with Crippen LogP contribution in [0.1, 0.15) is 25.0 Å². The predicted molar refractivity (Wildman–Crippen MR) is 208 cm³/mol. The van der Waals surface area contributed by atoms with Crippen LogP contribution in [-0.4, -0.2) is 9.13 Å². The lowest BCUT2D eigenvalue weighted by Gasteiger charge is -2.25. The number of hydrogen-bond acceptors (Lipinski definition) is 0. The summed E-state index contributed by atoms with van der Waals surface area (Å²) in [5.41, 5.74) is 12.7. The number of hydrogen-bond donors (Lipinski definition) is 0. The van der Waals surface area contributed by atoms with Crippen LogP contribution in [0.4, 0.5) is 0 Å². The fourth-order valence-electron chi connectivity index (χ4n) is 9.32. The first-order valence-corrected chi connectivity index (χ1v) is 17.2. The molecule has 0 saturated heterocycles. The summed E-state index contributed by atoms with van der Waals surface area (Å²) >= 11 is 0. The fourth-order valence-corrected chi connectivity index (χ4v) is 9.32. The third kappa shape index (κ3) is 3.40. The van der Waals surface area contributed by atoms with Crippen LogP contribution in [0.25, 0.3) is 87.7 Å². The number of rotatable bonds is 2. The van der Waals surface area contributed by atoms with E-state index in [-0.39, 0.29) is 5.41 Å². The van der Waals surface area contributed by atoms with Gasteiger partial charge in [-0.2, -0.15) is 0 Å². The van der Waals surface area contributed by atoms with Gasteiger partial charge in [0.1, 0.15) is 0 Å². The molecule has 10 aromatic rings. The summed E-state index contributed by atoms with van der Waals surface area (Å²) < 4.78 is 4.94. The maximum absolute atomic E-state index is 2.54. The van der Waals surface area contributed by atoms with Gasteiger partial charge in [-0.1, -0.05) is 129 Å². The molecule has 1 aliphatic carbocycles. The first-order valence-electron chi connectivity index (χ1n) is 17.2. The molecule has 1 aliphatic rings. The molecule has 0 amide bonds. The number of nitrogens with zero attached hydrogens (tertiary/aromatic N) is 2. The van der Waals surface area contributed by atoms with Crippen LogP contribution in [0, 0.1) is 0 Å². The molecule has 0 saturated carbocycles. The lowest BCUT2D eigenvalue weighted by Crippen LogP contribution is -2.16. The third-order valence-corrected chi connectivity index (χ3v) is 11.2. The Hall–Kier alpha value is -6.12. The van der Waals surface area contributed by atoms with E-state index in [1.807, 2.05) is 0 Å². The number of fused-ring (bicyclic) bond motifs is 15. The predicted octanol–water partition coefficient (Wildman–Crippen LogP) is 12.5. The van der Waals surface area contributed by atoms with Gasteiger partial charge in [-0.3, -0.25) is 0 Å². The van der Waals surface area contributed by atoms with Crippen molar-refractivity contribution in [3.8, 4) is 22.5 Å². The summed E-state index contributed by atoms with van der Waals surface area (Å²) in [6.45, 7) is 4.88. The zero-order valence-electron chi connectivity index (χ0n) is 27.4. The second-order valence-electron chi connectivity index (χ2n) is 14.1. The van der Waals surface area contributed by atoms with Crippen molar-refractivity contribution in [1.29, 1.82) is 0 Å². The van der Waals surface area contributed by atoms with E-state index in [0.29, 0.717) is 0 Å². The molecular weight excluding hydrogens is 593 g/mol. The molecule has 230 valence electrons. The van der Waals surface area contributed by atoms with Crippen molar-refractivity contribution in [2.75, 3.05) is 0 Å². The normalized spacial score (nSPS) is 13.7. The average Bonchev–Trinajstić information content (AvgIpc) is 3.75. The van der Waals surface area contributed by atoms with Crippen LogP contribution in [-0.2, 0) is 5.41 Å². The summed E-state index contributed by atoms with van der Waals surface area (Å²) in [6.07, 6.45) is 0. The van der Waals surface area contributed by atoms with Gasteiger partial charge in [0.15, 0.2) is 0 Å². The third-order valence-electron chi connectivity index (χ3n) is 11.2. The molecule has 0 fully saturated rings. The molecule has 2 heteroatoms. The van der Waals surface area contributed by atoms with Crippen molar-refractivity contribution < 1.29 is 0 Å². The summed E-state index contributed by atoms with van der Waals surface area (Å²) in [5.74, 6) is 0. The lowest BCUT2D eigenvalue weighted by molar-refractivity contribution is 0.673. The molecule has 0 radical (unpaired) electrons. The SMILES string of the molecule is CC1(C)c2c(ccc3ccccc23)-c2c1c1c3ccccc3n(-c3ccc4c(c3)c3ccccc3n4-c3ccccc3)c1c1ccccc21. The van der Waals surface area contributed by atoms with Crippen molar-refractivity contribution in [2.45, 2.75) is 19.3 Å². The van der Waals surface area contributed by atoms with Gasteiger partial charge in [0, 0.05) is 43.7 Å². The van der Waals surface area contributed by atoms with Crippen LogP contribution in [0.3, 0.4) is 0 Å². The number of para-hydroxylation sites is 3. The highest BCUT2D eigenvalue weighted by atomic mass is 15.0. The standard InChI is InChI=1S/C47H32N2/c1-47(2)44-32-17-7-6-14-29(32)24-26-37(44)42-34-19-8-9-20-35(34)46-43(45(42)47)36-21-11-13-23-40(36)49(46)31-25-27-41-38(28-31)33-18-10-12-22-39(33)48(41)30-15-4-3-5-16-30/h3-28H,1-2H3. The van der Waals surface area contributed by atoms with Crippen molar-refractivity contribution in [3.05, 3.63) is 169 Å². The molecule has 0 aliphatic heterocycles. The Balaban J connectivity index is 1.30. The Morgan fingerprint density at radius 1 is 0.408 bits per heavy atom. The zero-order valence-corrected chi connectivity index (χ0v) is 27.4. The van der Waals surface area contributed by atoms with Crippen molar-refractivity contribution >= 4 is 65.2 Å². The van der Waals surface area contributed by atoms with Crippen LogP contribution < -0.4 is 0 Å². The molecule has 0 spiro atoms. The molecule has 0 N–H and O–H groups in total. The van der Waals surface area contributed by atoms with Crippen LogP contribution in [0.5, 0.6) is 0 Å². The Bertz CT molecular complexity index is 3010. The summed E-state index contributed by atoms with van der Waals surface area (Å²) in [4.78, 5) is 0. The molecule has 0 atom stereocenters. The van der Waals surface area contributed by atoms with Gasteiger partial charge in [0.2, 0.25) is 0 Å². The molecule has 49 heavy (non-hydrogen) atoms. The number of aromatic nitrogens is 2. The average molecular weight is 625 g/mol. The Morgan fingerprint density at radius 2 is 1.02 bits per heavy atom. The minimum Gasteiger partial charge on any atom is -0.309 e. The maximum Gasteiger partial charge on any atom is 0.0623 e. The molecule has 2 nitrogen and oxygen atoms in total. The van der Waals surface area contributed by atoms with Crippen molar-refractivity contribution in [1.82, 2.24) is 9.13 Å². The molecule has 2 heterocycles. The van der Waals surface area contributed by atoms with Gasteiger partial charge in [0.05, 0.1) is 22.1 Å². The second kappa shape index (κ2) is 9.49. The maximum atomic E-state index is 2.54. The summed E-state index contributed by atoms with van der Waals surface area (Å²) in [6, 6.07) is 58.3. The van der Waals surface area contributed by atoms with E-state index in [0.717, 1.165) is 0 Å². The smallest absolute Gasteiger partial charge is 0.0623 e. The zero-order chi connectivity index (χ0) is 32.4. The van der Waals surface area contributed by atoms with E-state index in [2.05, 4.69) is 181 Å². The van der Waals surface area contributed by atoms with Gasteiger partial charge in [-0.05, 0) is 80.9 Å². The van der Waals surface area contributed by atoms with Crippen LogP contribution >= 0.6 is 0 Å². The monoisotopic (exact) mass is 624 g/mol. The van der Waals surface area contributed by atoms with Gasteiger partial charge in [-0.25, -0.2) is 0 Å². The van der Waals surface area contributed by atoms with Gasteiger partial charge in [0.25, 0.3) is 0 Å². The topological polar surface area (TPSA) is 9.86 Å². The van der Waals surface area contributed by atoms with E-state index in [1.165, 1.54) is 98.8 Å². The van der Waals surface area contributed by atoms with Crippen LogP contribution in [0.15, 0.2) is 158 Å². The van der Waals surface area contributed by atoms with Gasteiger partial charge < -0.3 is 9.13 Å². The van der Waals surface area contributed by atoms with Gasteiger partial charge >= 0.3 is 0 Å². The largest absolute Gasteiger partial charge is 0.309 e.